The van der Waals surface area contributed by atoms with E-state index in [4.69, 9.17) is 15.2 Å². The zero-order valence-corrected chi connectivity index (χ0v) is 15.7. The Kier molecular flexibility index (Phi) is 5.27. The Labute approximate surface area is 155 Å². The SMILES string of the molecule is COc1cc(NC(=O)COc2ccc(C(C)C)cc2)cc2sc(N)nc12. The molecule has 0 aliphatic carbocycles. The first kappa shape index (κ1) is 18.0. The zero-order chi connectivity index (χ0) is 18.7. The van der Waals surface area contributed by atoms with Gasteiger partial charge in [0.1, 0.15) is 17.0 Å². The van der Waals surface area contributed by atoms with Crippen molar-refractivity contribution in [2.45, 2.75) is 19.8 Å². The van der Waals surface area contributed by atoms with Crippen LogP contribution in [0.2, 0.25) is 0 Å². The number of nitrogens with zero attached hydrogens (tertiary/aromatic N) is 1. The third-order valence-electron chi connectivity index (χ3n) is 3.90. The summed E-state index contributed by atoms with van der Waals surface area (Å²) in [6, 6.07) is 11.3. The van der Waals surface area contributed by atoms with Crippen LogP contribution in [0.25, 0.3) is 10.2 Å². The molecule has 136 valence electrons. The summed E-state index contributed by atoms with van der Waals surface area (Å²) in [5.74, 6) is 1.43. The van der Waals surface area contributed by atoms with Crippen LogP contribution in [0.1, 0.15) is 25.3 Å². The largest absolute Gasteiger partial charge is 0.494 e. The molecule has 0 saturated carbocycles. The summed E-state index contributed by atoms with van der Waals surface area (Å²) in [6.07, 6.45) is 0. The topological polar surface area (TPSA) is 86.5 Å². The van der Waals surface area contributed by atoms with Crippen molar-refractivity contribution in [3.63, 3.8) is 0 Å². The third kappa shape index (κ3) is 4.05. The summed E-state index contributed by atoms with van der Waals surface area (Å²) in [4.78, 5) is 16.4. The second kappa shape index (κ2) is 7.61. The number of carbonyl (C=O) groups excluding carboxylic acids is 1. The van der Waals surface area contributed by atoms with E-state index < -0.39 is 0 Å². The van der Waals surface area contributed by atoms with Crippen LogP contribution in [0.4, 0.5) is 10.8 Å². The van der Waals surface area contributed by atoms with E-state index in [-0.39, 0.29) is 12.5 Å². The number of fused-ring (bicyclic) bond motifs is 1. The molecular weight excluding hydrogens is 350 g/mol. The van der Waals surface area contributed by atoms with Gasteiger partial charge in [0.05, 0.1) is 11.8 Å². The summed E-state index contributed by atoms with van der Waals surface area (Å²) >= 11 is 1.34. The highest BCUT2D eigenvalue weighted by Crippen LogP contribution is 2.34. The van der Waals surface area contributed by atoms with Gasteiger partial charge in [-0.3, -0.25) is 4.79 Å². The molecule has 6 nitrogen and oxygen atoms in total. The molecule has 0 aliphatic heterocycles. The number of aromatic nitrogens is 1. The van der Waals surface area contributed by atoms with Crippen LogP contribution in [-0.4, -0.2) is 24.6 Å². The molecule has 1 amide bonds. The molecule has 3 aromatic rings. The summed E-state index contributed by atoms with van der Waals surface area (Å²) < 4.78 is 11.7. The van der Waals surface area contributed by atoms with Crippen molar-refractivity contribution >= 4 is 38.3 Å². The van der Waals surface area contributed by atoms with Gasteiger partial charge in [-0.05, 0) is 29.7 Å². The van der Waals surface area contributed by atoms with E-state index in [1.54, 1.807) is 13.2 Å². The Morgan fingerprint density at radius 3 is 2.65 bits per heavy atom. The van der Waals surface area contributed by atoms with E-state index in [0.29, 0.717) is 33.8 Å². The minimum atomic E-state index is -0.253. The normalized spacial score (nSPS) is 10.9. The van der Waals surface area contributed by atoms with Crippen molar-refractivity contribution in [1.82, 2.24) is 4.98 Å². The van der Waals surface area contributed by atoms with E-state index in [2.05, 4.69) is 24.1 Å². The highest BCUT2D eigenvalue weighted by molar-refractivity contribution is 7.22. The van der Waals surface area contributed by atoms with Crippen molar-refractivity contribution in [3.05, 3.63) is 42.0 Å². The maximum Gasteiger partial charge on any atom is 0.262 e. The maximum absolute atomic E-state index is 12.2. The van der Waals surface area contributed by atoms with Gasteiger partial charge in [0.25, 0.3) is 5.91 Å². The number of thiazole rings is 1. The van der Waals surface area contributed by atoms with Crippen LogP contribution in [0.5, 0.6) is 11.5 Å². The minimum absolute atomic E-state index is 0.0772. The fraction of sp³-hybridized carbons (Fsp3) is 0.263. The number of nitrogens with two attached hydrogens (primary N) is 1. The average molecular weight is 371 g/mol. The van der Waals surface area contributed by atoms with Crippen LogP contribution < -0.4 is 20.5 Å². The number of rotatable bonds is 6. The van der Waals surface area contributed by atoms with Crippen LogP contribution in [-0.2, 0) is 4.79 Å². The first-order valence-corrected chi connectivity index (χ1v) is 9.04. The van der Waals surface area contributed by atoms with Crippen molar-refractivity contribution in [1.29, 1.82) is 0 Å². The fourth-order valence-corrected chi connectivity index (χ4v) is 3.33. The molecule has 0 atom stereocenters. The van der Waals surface area contributed by atoms with Gasteiger partial charge in [0.15, 0.2) is 11.7 Å². The van der Waals surface area contributed by atoms with E-state index in [1.807, 2.05) is 30.3 Å². The van der Waals surface area contributed by atoms with E-state index in [0.717, 1.165) is 4.70 Å². The van der Waals surface area contributed by atoms with E-state index in [9.17, 15) is 4.79 Å². The summed E-state index contributed by atoms with van der Waals surface area (Å²) in [7, 11) is 1.56. The number of benzene rings is 2. The molecular formula is C19H21N3O3S. The third-order valence-corrected chi connectivity index (χ3v) is 4.73. The van der Waals surface area contributed by atoms with Gasteiger partial charge in [-0.1, -0.05) is 37.3 Å². The van der Waals surface area contributed by atoms with Crippen LogP contribution in [0.15, 0.2) is 36.4 Å². The smallest absolute Gasteiger partial charge is 0.262 e. The summed E-state index contributed by atoms with van der Waals surface area (Å²) in [6.45, 7) is 4.18. The molecule has 0 fully saturated rings. The lowest BCUT2D eigenvalue weighted by Crippen LogP contribution is -2.20. The molecule has 0 unspecified atom stereocenters. The Morgan fingerprint density at radius 2 is 2.00 bits per heavy atom. The number of ether oxygens (including phenoxy) is 2. The maximum atomic E-state index is 12.2. The Hall–Kier alpha value is -2.80. The highest BCUT2D eigenvalue weighted by Gasteiger charge is 2.12. The molecule has 1 aromatic heterocycles. The van der Waals surface area contributed by atoms with Crippen LogP contribution in [0, 0.1) is 0 Å². The van der Waals surface area contributed by atoms with Gasteiger partial charge in [-0.15, -0.1) is 0 Å². The number of nitrogens with one attached hydrogen (secondary N) is 1. The number of nitrogen functional groups attached to an aromatic ring is 1. The number of anilines is 2. The standard InChI is InChI=1S/C19H21N3O3S/c1-11(2)12-4-6-14(7-5-12)25-10-17(23)21-13-8-15(24-3)18-16(9-13)26-19(20)22-18/h4-9,11H,10H2,1-3H3,(H2,20,22)(H,21,23). The lowest BCUT2D eigenvalue weighted by Gasteiger charge is -2.10. The molecule has 0 spiro atoms. The molecule has 7 heteroatoms. The molecule has 0 bridgehead atoms. The van der Waals surface area contributed by atoms with Gasteiger partial charge < -0.3 is 20.5 Å². The number of hydrogen-bond acceptors (Lipinski definition) is 6. The Balaban J connectivity index is 1.65. The molecule has 0 radical (unpaired) electrons. The number of hydrogen-bond donors (Lipinski definition) is 2. The molecule has 0 saturated heterocycles. The zero-order valence-electron chi connectivity index (χ0n) is 14.9. The van der Waals surface area contributed by atoms with E-state index in [1.165, 1.54) is 16.9 Å². The van der Waals surface area contributed by atoms with Crippen molar-refractivity contribution in [2.24, 2.45) is 0 Å². The molecule has 1 heterocycles. The monoisotopic (exact) mass is 371 g/mol. The average Bonchev–Trinajstić information content (AvgIpc) is 2.99. The number of amides is 1. The fourth-order valence-electron chi connectivity index (χ4n) is 2.54. The number of carbonyl (C=O) groups is 1. The minimum Gasteiger partial charge on any atom is -0.494 e. The van der Waals surface area contributed by atoms with Crippen LogP contribution in [0.3, 0.4) is 0 Å². The summed E-state index contributed by atoms with van der Waals surface area (Å²) in [5, 5.41) is 3.27. The van der Waals surface area contributed by atoms with Gasteiger partial charge in [0.2, 0.25) is 0 Å². The first-order chi connectivity index (χ1) is 12.5. The van der Waals surface area contributed by atoms with E-state index >= 15 is 0 Å². The Morgan fingerprint density at radius 1 is 1.27 bits per heavy atom. The van der Waals surface area contributed by atoms with Crippen molar-refractivity contribution < 1.29 is 14.3 Å². The molecule has 3 N–H and O–H groups in total. The number of methoxy groups -OCH3 is 1. The van der Waals surface area contributed by atoms with Gasteiger partial charge >= 0.3 is 0 Å². The second-order valence-corrected chi connectivity index (χ2v) is 7.20. The van der Waals surface area contributed by atoms with Crippen LogP contribution >= 0.6 is 11.3 Å². The lowest BCUT2D eigenvalue weighted by atomic mass is 10.0. The van der Waals surface area contributed by atoms with Gasteiger partial charge in [0, 0.05) is 11.8 Å². The van der Waals surface area contributed by atoms with Crippen molar-refractivity contribution in [2.75, 3.05) is 24.8 Å². The highest BCUT2D eigenvalue weighted by atomic mass is 32.1. The van der Waals surface area contributed by atoms with Gasteiger partial charge in [-0.2, -0.15) is 0 Å². The predicted molar refractivity (Wildman–Crippen MR) is 105 cm³/mol. The second-order valence-electron chi connectivity index (χ2n) is 6.14. The summed E-state index contributed by atoms with van der Waals surface area (Å²) in [5.41, 5.74) is 8.28. The van der Waals surface area contributed by atoms with Crippen molar-refractivity contribution in [3.8, 4) is 11.5 Å². The Bertz CT molecular complexity index is 920. The quantitative estimate of drug-likeness (QED) is 0.683. The molecule has 2 aromatic carbocycles. The molecule has 0 aliphatic rings. The lowest BCUT2D eigenvalue weighted by molar-refractivity contribution is -0.118. The molecule has 26 heavy (non-hydrogen) atoms. The molecule has 3 rings (SSSR count). The first-order valence-electron chi connectivity index (χ1n) is 8.23. The predicted octanol–water partition coefficient (Wildman–Crippen LogP) is 4.03. The van der Waals surface area contributed by atoms with Gasteiger partial charge in [-0.25, -0.2) is 4.98 Å².